The van der Waals surface area contributed by atoms with Gasteiger partial charge in [0.15, 0.2) is 0 Å². The molecule has 2 amide bonds. The van der Waals surface area contributed by atoms with Crippen molar-refractivity contribution >= 4 is 73.9 Å². The van der Waals surface area contributed by atoms with E-state index in [1.54, 1.807) is 18.2 Å². The predicted molar refractivity (Wildman–Crippen MR) is 163 cm³/mol. The van der Waals surface area contributed by atoms with Gasteiger partial charge in [0.2, 0.25) is 21.8 Å². The van der Waals surface area contributed by atoms with E-state index in [9.17, 15) is 18.0 Å². The second kappa shape index (κ2) is 14.4. The maximum atomic E-state index is 14.0. The van der Waals surface area contributed by atoms with E-state index in [-0.39, 0.29) is 29.6 Å². The highest BCUT2D eigenvalue weighted by molar-refractivity contribution is 7.92. The van der Waals surface area contributed by atoms with Crippen LogP contribution in [-0.4, -0.2) is 50.5 Å². The number of amides is 2. The molecule has 3 aromatic rings. The van der Waals surface area contributed by atoms with E-state index >= 15 is 0 Å². The van der Waals surface area contributed by atoms with Crippen LogP contribution >= 0.6 is 46.4 Å². The number of rotatable bonds is 12. The van der Waals surface area contributed by atoms with E-state index in [1.165, 1.54) is 23.1 Å². The van der Waals surface area contributed by atoms with Crippen LogP contribution in [0.4, 0.5) is 5.69 Å². The molecular weight excluding hydrogens is 616 g/mol. The van der Waals surface area contributed by atoms with Gasteiger partial charge in [-0.2, -0.15) is 0 Å². The number of hydrogen-bond acceptors (Lipinski definition) is 4. The molecule has 3 aromatic carbocycles. The van der Waals surface area contributed by atoms with Crippen LogP contribution in [0.1, 0.15) is 24.5 Å². The summed E-state index contributed by atoms with van der Waals surface area (Å²) in [5.41, 5.74) is 1.44. The first kappa shape index (κ1) is 32.0. The maximum Gasteiger partial charge on any atom is 0.244 e. The Morgan fingerprint density at radius 3 is 2.10 bits per heavy atom. The largest absolute Gasteiger partial charge is 0.354 e. The van der Waals surface area contributed by atoms with E-state index in [4.69, 9.17) is 46.4 Å². The summed E-state index contributed by atoms with van der Waals surface area (Å²) in [6.45, 7) is 1.64. The van der Waals surface area contributed by atoms with Gasteiger partial charge in [-0.15, -0.1) is 0 Å². The van der Waals surface area contributed by atoms with Crippen molar-refractivity contribution < 1.29 is 18.0 Å². The summed E-state index contributed by atoms with van der Waals surface area (Å²) >= 11 is 24.9. The van der Waals surface area contributed by atoms with Gasteiger partial charge in [-0.3, -0.25) is 13.9 Å². The molecule has 0 aliphatic carbocycles. The Balaban J connectivity index is 2.09. The fourth-order valence-corrected chi connectivity index (χ4v) is 5.92. The van der Waals surface area contributed by atoms with Crippen LogP contribution < -0.4 is 9.62 Å². The third-order valence-corrected chi connectivity index (χ3v) is 8.28. The van der Waals surface area contributed by atoms with E-state index in [2.05, 4.69) is 5.32 Å². The quantitative estimate of drug-likeness (QED) is 0.253. The number of anilines is 1. The van der Waals surface area contributed by atoms with Crippen molar-refractivity contribution in [2.24, 2.45) is 0 Å². The van der Waals surface area contributed by atoms with Crippen LogP contribution in [-0.2, 0) is 32.6 Å². The van der Waals surface area contributed by atoms with Crippen LogP contribution in [0.5, 0.6) is 0 Å². The number of sulfonamides is 1. The Morgan fingerprint density at radius 1 is 0.900 bits per heavy atom. The third-order valence-electron chi connectivity index (χ3n) is 6.03. The zero-order valence-electron chi connectivity index (χ0n) is 21.9. The smallest absolute Gasteiger partial charge is 0.244 e. The van der Waals surface area contributed by atoms with Gasteiger partial charge >= 0.3 is 0 Å². The van der Waals surface area contributed by atoms with Crippen molar-refractivity contribution in [1.29, 1.82) is 0 Å². The summed E-state index contributed by atoms with van der Waals surface area (Å²) in [7, 11) is -3.97. The highest BCUT2D eigenvalue weighted by atomic mass is 35.5. The predicted octanol–water partition coefficient (Wildman–Crippen LogP) is 6.23. The van der Waals surface area contributed by atoms with Gasteiger partial charge < -0.3 is 10.2 Å². The number of halogens is 4. The number of nitrogens with zero attached hydrogens (tertiary/aromatic N) is 2. The molecular formula is C28H29Cl4N3O4S. The Hall–Kier alpha value is -2.49. The van der Waals surface area contributed by atoms with E-state index in [0.717, 1.165) is 16.1 Å². The first-order valence-corrected chi connectivity index (χ1v) is 15.7. The average Bonchev–Trinajstić information content (AvgIpc) is 2.89. The molecule has 0 bridgehead atoms. The summed E-state index contributed by atoms with van der Waals surface area (Å²) in [4.78, 5) is 28.9. The van der Waals surface area contributed by atoms with Gasteiger partial charge in [0.25, 0.3) is 0 Å². The number of hydrogen-bond donors (Lipinski definition) is 1. The van der Waals surface area contributed by atoms with Gasteiger partial charge in [-0.05, 0) is 47.9 Å². The number of carbonyl (C=O) groups is 2. The average molecular weight is 645 g/mol. The van der Waals surface area contributed by atoms with Gasteiger partial charge in [-0.25, -0.2) is 8.42 Å². The third kappa shape index (κ3) is 8.75. The molecule has 7 nitrogen and oxygen atoms in total. The van der Waals surface area contributed by atoms with Crippen molar-refractivity contribution in [3.8, 4) is 0 Å². The van der Waals surface area contributed by atoms with E-state index in [1.807, 2.05) is 37.3 Å². The normalized spacial score (nSPS) is 12.1. The fraction of sp³-hybridized carbons (Fsp3) is 0.286. The van der Waals surface area contributed by atoms with Crippen LogP contribution in [0.25, 0.3) is 0 Å². The van der Waals surface area contributed by atoms with Gasteiger partial charge in [0, 0.05) is 34.6 Å². The number of carbonyl (C=O) groups excluding carboxylic acids is 2. The molecule has 1 N–H and O–H groups in total. The fourth-order valence-electron chi connectivity index (χ4n) is 4.03. The standard InChI is InChI=1S/C28H29Cl4N3O4S/c1-3-13-33-28(37)26(14-19-7-5-4-6-8-19)34(17-20-9-10-21(29)15-23(20)31)27(36)18-35(40(2,38)39)25-12-11-22(30)16-24(25)32/h4-12,15-16,26H,3,13-14,17-18H2,1-2H3,(H,33,37)/t26-/m1/s1. The van der Waals surface area contributed by atoms with Gasteiger partial charge in [0.1, 0.15) is 12.6 Å². The Morgan fingerprint density at radius 2 is 1.52 bits per heavy atom. The SMILES string of the molecule is CCCNC(=O)[C@@H](Cc1ccccc1)N(Cc1ccc(Cl)cc1Cl)C(=O)CN(c1ccc(Cl)cc1Cl)S(C)(=O)=O. The second-order valence-electron chi connectivity index (χ2n) is 9.12. The summed E-state index contributed by atoms with van der Waals surface area (Å²) in [6.07, 6.45) is 1.85. The Kier molecular flexibility index (Phi) is 11.5. The van der Waals surface area contributed by atoms with Crippen molar-refractivity contribution in [3.05, 3.63) is 97.9 Å². The molecule has 0 radical (unpaired) electrons. The monoisotopic (exact) mass is 643 g/mol. The summed E-state index contributed by atoms with van der Waals surface area (Å²) in [6, 6.07) is 17.4. The van der Waals surface area contributed by atoms with Gasteiger partial charge in [0.05, 0.1) is 17.0 Å². The van der Waals surface area contributed by atoms with Crippen LogP contribution in [0.2, 0.25) is 20.1 Å². The molecule has 0 heterocycles. The molecule has 214 valence electrons. The molecule has 0 saturated heterocycles. The molecule has 1 atom stereocenters. The molecule has 0 fully saturated rings. The van der Waals surface area contributed by atoms with Crippen LogP contribution in [0.3, 0.4) is 0 Å². The Labute approximate surface area is 255 Å². The lowest BCUT2D eigenvalue weighted by atomic mass is 10.0. The van der Waals surface area contributed by atoms with Crippen molar-refractivity contribution in [3.63, 3.8) is 0 Å². The molecule has 3 rings (SSSR count). The minimum absolute atomic E-state index is 0.0551. The minimum atomic E-state index is -3.97. The topological polar surface area (TPSA) is 86.8 Å². The number of benzene rings is 3. The summed E-state index contributed by atoms with van der Waals surface area (Å²) in [5, 5.41) is 3.95. The summed E-state index contributed by atoms with van der Waals surface area (Å²) in [5.74, 6) is -1.00. The lowest BCUT2D eigenvalue weighted by molar-refractivity contribution is -0.140. The lowest BCUT2D eigenvalue weighted by Gasteiger charge is -2.34. The van der Waals surface area contributed by atoms with Crippen LogP contribution in [0.15, 0.2) is 66.7 Å². The maximum absolute atomic E-state index is 14.0. The zero-order chi connectivity index (χ0) is 29.4. The highest BCUT2D eigenvalue weighted by Gasteiger charge is 2.33. The first-order chi connectivity index (χ1) is 18.9. The molecule has 0 spiro atoms. The lowest BCUT2D eigenvalue weighted by Crippen LogP contribution is -2.53. The van der Waals surface area contributed by atoms with E-state index in [0.29, 0.717) is 33.6 Å². The summed E-state index contributed by atoms with van der Waals surface area (Å²) < 4.78 is 26.6. The molecule has 40 heavy (non-hydrogen) atoms. The van der Waals surface area contributed by atoms with Crippen LogP contribution in [0, 0.1) is 0 Å². The number of nitrogens with one attached hydrogen (secondary N) is 1. The molecule has 12 heteroatoms. The molecule has 0 aliphatic rings. The second-order valence-corrected chi connectivity index (χ2v) is 12.7. The highest BCUT2D eigenvalue weighted by Crippen LogP contribution is 2.31. The molecule has 0 saturated carbocycles. The zero-order valence-corrected chi connectivity index (χ0v) is 25.8. The first-order valence-electron chi connectivity index (χ1n) is 12.4. The van der Waals surface area contributed by atoms with Crippen molar-refractivity contribution in [1.82, 2.24) is 10.2 Å². The minimum Gasteiger partial charge on any atom is -0.354 e. The molecule has 0 unspecified atom stereocenters. The van der Waals surface area contributed by atoms with Gasteiger partial charge in [-0.1, -0.05) is 89.7 Å². The Bertz CT molecular complexity index is 1460. The molecule has 0 aliphatic heterocycles. The molecule has 0 aromatic heterocycles. The van der Waals surface area contributed by atoms with Crippen molar-refractivity contribution in [2.45, 2.75) is 32.4 Å². The van der Waals surface area contributed by atoms with Crippen molar-refractivity contribution in [2.75, 3.05) is 23.7 Å². The van der Waals surface area contributed by atoms with E-state index < -0.39 is 28.5 Å².